The van der Waals surface area contributed by atoms with Gasteiger partial charge in [-0.25, -0.2) is 4.39 Å². The predicted molar refractivity (Wildman–Crippen MR) is 75.9 cm³/mol. The highest BCUT2D eigenvalue weighted by molar-refractivity contribution is 5.72. The number of methoxy groups -OCH3 is 1. The van der Waals surface area contributed by atoms with Gasteiger partial charge in [-0.1, -0.05) is 24.3 Å². The van der Waals surface area contributed by atoms with Gasteiger partial charge < -0.3 is 10.1 Å². The number of hydrogen-bond acceptors (Lipinski definition) is 3. The van der Waals surface area contributed by atoms with Gasteiger partial charge in [0.25, 0.3) is 0 Å². The molecule has 0 aliphatic heterocycles. The van der Waals surface area contributed by atoms with Gasteiger partial charge in [-0.05, 0) is 35.4 Å². The van der Waals surface area contributed by atoms with E-state index in [1.165, 1.54) is 19.2 Å². The van der Waals surface area contributed by atoms with Gasteiger partial charge in [0.15, 0.2) is 0 Å². The Morgan fingerprint density at radius 1 is 1.10 bits per heavy atom. The van der Waals surface area contributed by atoms with Crippen LogP contribution in [-0.2, 0) is 22.5 Å². The van der Waals surface area contributed by atoms with Crippen LogP contribution in [0.3, 0.4) is 0 Å². The van der Waals surface area contributed by atoms with Crippen molar-refractivity contribution < 1.29 is 13.9 Å². The molecule has 0 saturated carbocycles. The van der Waals surface area contributed by atoms with E-state index in [1.807, 2.05) is 24.3 Å². The Hall–Kier alpha value is -2.36. The molecule has 4 heteroatoms. The van der Waals surface area contributed by atoms with Gasteiger partial charge in [0.2, 0.25) is 0 Å². The summed E-state index contributed by atoms with van der Waals surface area (Å²) < 4.78 is 17.5. The Labute approximate surface area is 117 Å². The summed E-state index contributed by atoms with van der Waals surface area (Å²) >= 11 is 0. The second kappa shape index (κ2) is 6.70. The largest absolute Gasteiger partial charge is 0.469 e. The highest BCUT2D eigenvalue weighted by Gasteiger charge is 2.07. The van der Waals surface area contributed by atoms with Gasteiger partial charge in [0.1, 0.15) is 5.82 Å². The average molecular weight is 273 g/mol. The lowest BCUT2D eigenvalue weighted by Gasteiger charge is -2.11. The number of ether oxygens (including phenoxy) is 1. The number of benzene rings is 2. The van der Waals surface area contributed by atoms with Gasteiger partial charge >= 0.3 is 5.97 Å². The smallest absolute Gasteiger partial charge is 0.309 e. The van der Waals surface area contributed by atoms with E-state index in [9.17, 15) is 9.18 Å². The number of carbonyl (C=O) groups is 1. The molecule has 0 amide bonds. The molecule has 0 bridgehead atoms. The van der Waals surface area contributed by atoms with Crippen molar-refractivity contribution in [2.45, 2.75) is 13.0 Å². The van der Waals surface area contributed by atoms with E-state index in [-0.39, 0.29) is 18.2 Å². The molecule has 0 heterocycles. The second-order valence-electron chi connectivity index (χ2n) is 4.38. The van der Waals surface area contributed by atoms with Crippen molar-refractivity contribution in [1.29, 1.82) is 0 Å². The SMILES string of the molecule is COC(=O)Cc1ccccc1CNc1ccc(F)cc1. The highest BCUT2D eigenvalue weighted by Crippen LogP contribution is 2.14. The lowest BCUT2D eigenvalue weighted by Crippen LogP contribution is -2.09. The molecule has 0 radical (unpaired) electrons. The van der Waals surface area contributed by atoms with E-state index in [0.717, 1.165) is 16.8 Å². The Bertz CT molecular complexity index is 581. The lowest BCUT2D eigenvalue weighted by molar-refractivity contribution is -0.139. The molecule has 0 aliphatic rings. The van der Waals surface area contributed by atoms with Crippen molar-refractivity contribution in [1.82, 2.24) is 0 Å². The van der Waals surface area contributed by atoms with Crippen molar-refractivity contribution >= 4 is 11.7 Å². The minimum atomic E-state index is -0.265. The molecule has 0 aromatic heterocycles. The van der Waals surface area contributed by atoms with Crippen molar-refractivity contribution in [3.8, 4) is 0 Å². The van der Waals surface area contributed by atoms with Crippen LogP contribution in [0.5, 0.6) is 0 Å². The molecule has 2 aromatic rings. The summed E-state index contributed by atoms with van der Waals surface area (Å²) in [7, 11) is 1.38. The van der Waals surface area contributed by atoms with Gasteiger partial charge in [-0.3, -0.25) is 4.79 Å². The van der Waals surface area contributed by atoms with Crippen LogP contribution >= 0.6 is 0 Å². The van der Waals surface area contributed by atoms with Crippen LogP contribution in [0.1, 0.15) is 11.1 Å². The average Bonchev–Trinajstić information content (AvgIpc) is 2.48. The fraction of sp³-hybridized carbons (Fsp3) is 0.188. The summed E-state index contributed by atoms with van der Waals surface area (Å²) in [5, 5.41) is 3.20. The van der Waals surface area contributed by atoms with E-state index in [0.29, 0.717) is 6.54 Å². The molecular weight excluding hydrogens is 257 g/mol. The zero-order chi connectivity index (χ0) is 14.4. The van der Waals surface area contributed by atoms with Gasteiger partial charge in [0, 0.05) is 12.2 Å². The third kappa shape index (κ3) is 3.82. The molecular formula is C16H16FNO2. The van der Waals surface area contributed by atoms with Crippen LogP contribution in [0.15, 0.2) is 48.5 Å². The minimum Gasteiger partial charge on any atom is -0.469 e. The first-order valence-corrected chi connectivity index (χ1v) is 6.32. The Balaban J connectivity index is 2.05. The van der Waals surface area contributed by atoms with Crippen molar-refractivity contribution in [2.75, 3.05) is 12.4 Å². The molecule has 0 saturated heterocycles. The quantitative estimate of drug-likeness (QED) is 0.850. The first kappa shape index (κ1) is 14.1. The number of esters is 1. The van der Waals surface area contributed by atoms with Crippen LogP contribution in [0, 0.1) is 5.82 Å². The molecule has 20 heavy (non-hydrogen) atoms. The number of hydrogen-bond donors (Lipinski definition) is 1. The molecule has 0 spiro atoms. The summed E-state index contributed by atoms with van der Waals surface area (Å²) in [5.41, 5.74) is 2.77. The zero-order valence-corrected chi connectivity index (χ0v) is 11.2. The van der Waals surface area contributed by atoms with Gasteiger partial charge in [-0.15, -0.1) is 0 Å². The van der Waals surface area contributed by atoms with E-state index in [4.69, 9.17) is 0 Å². The summed E-state index contributed by atoms with van der Waals surface area (Å²) in [6.07, 6.45) is 0.248. The van der Waals surface area contributed by atoms with Crippen LogP contribution in [-0.4, -0.2) is 13.1 Å². The molecule has 0 unspecified atom stereocenters. The second-order valence-corrected chi connectivity index (χ2v) is 4.38. The third-order valence-electron chi connectivity index (χ3n) is 3.01. The molecule has 0 aliphatic carbocycles. The highest BCUT2D eigenvalue weighted by atomic mass is 19.1. The molecule has 0 fully saturated rings. The normalized spacial score (nSPS) is 10.1. The minimum absolute atomic E-state index is 0.248. The predicted octanol–water partition coefficient (Wildman–Crippen LogP) is 3.15. The molecule has 2 aromatic carbocycles. The topological polar surface area (TPSA) is 38.3 Å². The fourth-order valence-electron chi connectivity index (χ4n) is 1.90. The summed E-state index contributed by atoms with van der Waals surface area (Å²) in [5.74, 6) is -0.527. The van der Waals surface area contributed by atoms with Gasteiger partial charge in [0.05, 0.1) is 13.5 Å². The first-order valence-electron chi connectivity index (χ1n) is 6.32. The number of anilines is 1. The first-order chi connectivity index (χ1) is 9.69. The summed E-state index contributed by atoms with van der Waals surface area (Å²) in [6.45, 7) is 0.568. The third-order valence-corrected chi connectivity index (χ3v) is 3.01. The maximum Gasteiger partial charge on any atom is 0.309 e. The summed E-state index contributed by atoms with van der Waals surface area (Å²) in [4.78, 5) is 11.4. The zero-order valence-electron chi connectivity index (χ0n) is 11.2. The van der Waals surface area contributed by atoms with E-state index in [2.05, 4.69) is 10.1 Å². The van der Waals surface area contributed by atoms with E-state index < -0.39 is 0 Å². The van der Waals surface area contributed by atoms with Crippen LogP contribution in [0.25, 0.3) is 0 Å². The molecule has 2 rings (SSSR count). The molecule has 104 valence electrons. The molecule has 1 N–H and O–H groups in total. The Morgan fingerprint density at radius 3 is 2.40 bits per heavy atom. The molecule has 0 atom stereocenters. The number of nitrogens with one attached hydrogen (secondary N) is 1. The van der Waals surface area contributed by atoms with Crippen molar-refractivity contribution in [3.63, 3.8) is 0 Å². The van der Waals surface area contributed by atoms with Crippen LogP contribution in [0.4, 0.5) is 10.1 Å². The van der Waals surface area contributed by atoms with E-state index >= 15 is 0 Å². The van der Waals surface area contributed by atoms with Crippen LogP contribution in [0.2, 0.25) is 0 Å². The van der Waals surface area contributed by atoms with Gasteiger partial charge in [-0.2, -0.15) is 0 Å². The standard InChI is InChI=1S/C16H16FNO2/c1-20-16(19)10-12-4-2-3-5-13(12)11-18-15-8-6-14(17)7-9-15/h2-9,18H,10-11H2,1H3. The lowest BCUT2D eigenvalue weighted by atomic mass is 10.0. The maximum absolute atomic E-state index is 12.8. The van der Waals surface area contributed by atoms with Crippen molar-refractivity contribution in [3.05, 3.63) is 65.5 Å². The van der Waals surface area contributed by atoms with Crippen LogP contribution < -0.4 is 5.32 Å². The maximum atomic E-state index is 12.8. The number of halogens is 1. The number of carbonyl (C=O) groups excluding carboxylic acids is 1. The Morgan fingerprint density at radius 2 is 1.75 bits per heavy atom. The van der Waals surface area contributed by atoms with Crippen molar-refractivity contribution in [2.24, 2.45) is 0 Å². The molecule has 3 nitrogen and oxygen atoms in total. The summed E-state index contributed by atoms with van der Waals surface area (Å²) in [6, 6.07) is 13.8. The number of rotatable bonds is 5. The van der Waals surface area contributed by atoms with E-state index in [1.54, 1.807) is 12.1 Å². The monoisotopic (exact) mass is 273 g/mol. The Kier molecular flexibility index (Phi) is 4.71. The fourth-order valence-corrected chi connectivity index (χ4v) is 1.90.